The summed E-state index contributed by atoms with van der Waals surface area (Å²) in [6.07, 6.45) is 3.26. The van der Waals surface area contributed by atoms with Crippen molar-refractivity contribution in [2.24, 2.45) is 0 Å². The molecule has 2 aromatic heterocycles. The molecule has 0 radical (unpaired) electrons. The Kier molecular flexibility index (Phi) is 3.58. The van der Waals surface area contributed by atoms with Crippen molar-refractivity contribution in [3.05, 3.63) is 77.4 Å². The first kappa shape index (κ1) is 15.7. The van der Waals surface area contributed by atoms with Gasteiger partial charge < -0.3 is 19.7 Å². The van der Waals surface area contributed by atoms with E-state index in [1.165, 1.54) is 22.8 Å². The van der Waals surface area contributed by atoms with Gasteiger partial charge in [0.15, 0.2) is 18.1 Å². The van der Waals surface area contributed by atoms with E-state index < -0.39 is 11.4 Å². The number of phenols is 2. The molecule has 0 bridgehead atoms. The number of rotatable bonds is 2. The fourth-order valence-corrected chi connectivity index (χ4v) is 2.96. The molecule has 0 aliphatic heterocycles. The minimum absolute atomic E-state index is 0.0781. The van der Waals surface area contributed by atoms with Crippen LogP contribution in [0.1, 0.15) is 0 Å². The zero-order chi connectivity index (χ0) is 18.3. The average Bonchev–Trinajstić information content (AvgIpc) is 2.65. The van der Waals surface area contributed by atoms with Crippen molar-refractivity contribution >= 4 is 11.0 Å². The van der Waals surface area contributed by atoms with Crippen molar-refractivity contribution in [3.63, 3.8) is 0 Å². The molecule has 2 aromatic carbocycles. The highest BCUT2D eigenvalue weighted by molar-refractivity contribution is 5.93. The number of aromatic nitrogens is 1. The third-order valence-electron chi connectivity index (χ3n) is 4.12. The van der Waals surface area contributed by atoms with Gasteiger partial charge in [0.1, 0.15) is 16.9 Å². The van der Waals surface area contributed by atoms with Gasteiger partial charge >= 0.3 is 5.63 Å². The van der Waals surface area contributed by atoms with Crippen LogP contribution >= 0.6 is 0 Å². The molecule has 4 aromatic rings. The van der Waals surface area contributed by atoms with E-state index in [0.717, 1.165) is 0 Å². The molecule has 0 aliphatic carbocycles. The van der Waals surface area contributed by atoms with Crippen LogP contribution in [-0.2, 0) is 0 Å². The van der Waals surface area contributed by atoms with Gasteiger partial charge in [-0.2, -0.15) is 4.57 Å². The van der Waals surface area contributed by atoms with E-state index in [9.17, 15) is 20.1 Å². The van der Waals surface area contributed by atoms with Gasteiger partial charge in [-0.05, 0) is 18.2 Å². The van der Waals surface area contributed by atoms with Gasteiger partial charge in [0, 0.05) is 17.5 Å². The largest absolute Gasteiger partial charge is 0.871 e. The molecular formula is C20H13NO5. The predicted octanol–water partition coefficient (Wildman–Crippen LogP) is 2.22. The van der Waals surface area contributed by atoms with E-state index in [4.69, 9.17) is 4.42 Å². The molecule has 0 unspecified atom stereocenters. The van der Waals surface area contributed by atoms with Crippen LogP contribution in [-0.4, -0.2) is 10.2 Å². The number of benzene rings is 2. The summed E-state index contributed by atoms with van der Waals surface area (Å²) in [5.74, 6) is -1.08. The number of fused-ring (bicyclic) bond motifs is 1. The SMILES string of the molecule is O=c1oc2ccccc2c([O-])c1-c1c(O)ccc(O)c1-[n+]1ccccc1. The fraction of sp³-hybridized carbons (Fsp3) is 0. The number of phenolic OH excluding ortho intramolecular Hbond substituents is 2. The number of para-hydroxylation sites is 1. The maximum Gasteiger partial charge on any atom is 0.343 e. The molecule has 26 heavy (non-hydrogen) atoms. The van der Waals surface area contributed by atoms with Gasteiger partial charge in [-0.1, -0.05) is 30.0 Å². The molecule has 6 heteroatoms. The zero-order valence-corrected chi connectivity index (χ0v) is 13.4. The average molecular weight is 347 g/mol. The van der Waals surface area contributed by atoms with Crippen molar-refractivity contribution in [3.8, 4) is 34.1 Å². The number of hydrogen-bond donors (Lipinski definition) is 2. The summed E-state index contributed by atoms with van der Waals surface area (Å²) in [7, 11) is 0. The Morgan fingerprint density at radius 1 is 0.846 bits per heavy atom. The summed E-state index contributed by atoms with van der Waals surface area (Å²) in [6, 6.07) is 14.1. The highest BCUT2D eigenvalue weighted by Gasteiger charge is 2.26. The molecule has 0 aliphatic rings. The van der Waals surface area contributed by atoms with Gasteiger partial charge in [0.05, 0.1) is 5.56 Å². The lowest BCUT2D eigenvalue weighted by molar-refractivity contribution is -0.595. The Hall–Kier alpha value is -3.80. The van der Waals surface area contributed by atoms with E-state index >= 15 is 0 Å². The first-order valence-corrected chi connectivity index (χ1v) is 7.83. The third kappa shape index (κ3) is 2.36. The predicted molar refractivity (Wildman–Crippen MR) is 92.2 cm³/mol. The first-order valence-electron chi connectivity index (χ1n) is 7.83. The van der Waals surface area contributed by atoms with Crippen LogP contribution in [0, 0.1) is 0 Å². The van der Waals surface area contributed by atoms with Gasteiger partial charge in [-0.15, -0.1) is 0 Å². The van der Waals surface area contributed by atoms with Gasteiger partial charge in [-0.25, -0.2) is 4.79 Å². The Morgan fingerprint density at radius 3 is 2.31 bits per heavy atom. The second kappa shape index (κ2) is 5.93. The van der Waals surface area contributed by atoms with Crippen LogP contribution in [0.25, 0.3) is 27.8 Å². The summed E-state index contributed by atoms with van der Waals surface area (Å²) in [6.45, 7) is 0. The van der Waals surface area contributed by atoms with Crippen LogP contribution in [0.2, 0.25) is 0 Å². The molecule has 0 atom stereocenters. The van der Waals surface area contributed by atoms with Gasteiger partial charge in [-0.3, -0.25) is 0 Å². The molecular weight excluding hydrogens is 334 g/mol. The second-order valence-corrected chi connectivity index (χ2v) is 5.70. The lowest BCUT2D eigenvalue weighted by Gasteiger charge is -2.16. The van der Waals surface area contributed by atoms with Gasteiger partial charge in [0.2, 0.25) is 0 Å². The number of nitrogens with zero attached hydrogens (tertiary/aromatic N) is 1. The standard InChI is InChI=1S/C20H13NO5/c22-13-8-9-14(23)18(21-10-4-1-5-11-21)16(13)17-19(24)12-6-2-3-7-15(12)26-20(17)25/h1-11H,(H2-,22,23,24,25). The maximum atomic E-state index is 12.9. The normalized spacial score (nSPS) is 10.9. The van der Waals surface area contributed by atoms with E-state index in [0.29, 0.717) is 0 Å². The molecule has 4 rings (SSSR count). The van der Waals surface area contributed by atoms with Gasteiger partial charge in [0.25, 0.3) is 5.69 Å². The monoisotopic (exact) mass is 347 g/mol. The molecule has 128 valence electrons. The van der Waals surface area contributed by atoms with Crippen molar-refractivity contribution in [2.75, 3.05) is 0 Å². The summed E-state index contributed by atoms with van der Waals surface area (Å²) in [4.78, 5) is 12.5. The zero-order valence-electron chi connectivity index (χ0n) is 13.4. The van der Waals surface area contributed by atoms with Crippen LogP contribution in [0.5, 0.6) is 17.2 Å². The summed E-state index contributed by atoms with van der Waals surface area (Å²) in [5.41, 5.74) is -1.01. The Labute approximate surface area is 147 Å². The van der Waals surface area contributed by atoms with E-state index in [1.54, 1.807) is 48.8 Å². The van der Waals surface area contributed by atoms with Crippen LogP contribution in [0.4, 0.5) is 0 Å². The fourth-order valence-electron chi connectivity index (χ4n) is 2.96. The van der Waals surface area contributed by atoms with Crippen LogP contribution < -0.4 is 15.3 Å². The number of aromatic hydroxyl groups is 2. The second-order valence-electron chi connectivity index (χ2n) is 5.70. The maximum absolute atomic E-state index is 12.9. The Morgan fingerprint density at radius 2 is 1.54 bits per heavy atom. The molecule has 0 amide bonds. The van der Waals surface area contributed by atoms with Crippen molar-refractivity contribution in [1.29, 1.82) is 0 Å². The molecule has 0 saturated carbocycles. The van der Waals surface area contributed by atoms with Crippen LogP contribution in [0.3, 0.4) is 0 Å². The van der Waals surface area contributed by atoms with Crippen molar-refractivity contribution in [1.82, 2.24) is 0 Å². The number of pyridine rings is 1. The topological polar surface area (TPSA) is 97.6 Å². The summed E-state index contributed by atoms with van der Waals surface area (Å²) in [5, 5.41) is 33.9. The molecule has 0 saturated heterocycles. The van der Waals surface area contributed by atoms with E-state index in [1.807, 2.05) is 0 Å². The number of hydrogen-bond acceptors (Lipinski definition) is 5. The van der Waals surface area contributed by atoms with Crippen molar-refractivity contribution < 1.29 is 24.3 Å². The quantitative estimate of drug-likeness (QED) is 0.329. The summed E-state index contributed by atoms with van der Waals surface area (Å²) >= 11 is 0. The Bertz CT molecular complexity index is 1180. The van der Waals surface area contributed by atoms with Crippen LogP contribution in [0.15, 0.2) is 76.2 Å². The Balaban J connectivity index is 2.14. The summed E-state index contributed by atoms with van der Waals surface area (Å²) < 4.78 is 6.77. The highest BCUT2D eigenvalue weighted by atomic mass is 16.4. The van der Waals surface area contributed by atoms with Crippen molar-refractivity contribution in [2.45, 2.75) is 0 Å². The lowest BCUT2D eigenvalue weighted by atomic mass is 10.0. The first-order chi connectivity index (χ1) is 12.6. The molecule has 0 fully saturated rings. The third-order valence-corrected chi connectivity index (χ3v) is 4.12. The molecule has 0 spiro atoms. The lowest BCUT2D eigenvalue weighted by Crippen LogP contribution is -2.30. The van der Waals surface area contributed by atoms with E-state index in [2.05, 4.69) is 0 Å². The van der Waals surface area contributed by atoms with E-state index in [-0.39, 0.29) is 39.3 Å². The molecule has 6 nitrogen and oxygen atoms in total. The smallest absolute Gasteiger partial charge is 0.343 e. The minimum atomic E-state index is -0.882. The molecule has 2 heterocycles. The molecule has 2 N–H and O–H groups in total. The highest BCUT2D eigenvalue weighted by Crippen LogP contribution is 2.41. The minimum Gasteiger partial charge on any atom is -0.871 e.